The fourth-order valence-electron chi connectivity index (χ4n) is 4.03. The van der Waals surface area contributed by atoms with Crippen molar-refractivity contribution in [1.82, 2.24) is 18.8 Å². The maximum Gasteiger partial charge on any atom is 0.261 e. The van der Waals surface area contributed by atoms with Gasteiger partial charge in [-0.05, 0) is 31.2 Å². The Hall–Kier alpha value is -3.06. The number of piperazine rings is 1. The van der Waals surface area contributed by atoms with Crippen LogP contribution >= 0.6 is 0 Å². The summed E-state index contributed by atoms with van der Waals surface area (Å²) in [5.74, 6) is 0.648. The van der Waals surface area contributed by atoms with E-state index >= 15 is 0 Å². The van der Waals surface area contributed by atoms with Crippen LogP contribution in [0.25, 0.3) is 10.9 Å². The molecular formula is C22H23N5O3S. The second kappa shape index (κ2) is 8.23. The molecular weight excluding hydrogens is 414 g/mol. The number of para-hydroxylation sites is 1. The summed E-state index contributed by atoms with van der Waals surface area (Å²) in [5.41, 5.74) is 0.706. The van der Waals surface area contributed by atoms with E-state index in [1.165, 1.54) is 16.4 Å². The highest BCUT2D eigenvalue weighted by atomic mass is 32.2. The van der Waals surface area contributed by atoms with Gasteiger partial charge in [-0.15, -0.1) is 0 Å². The molecule has 0 radical (unpaired) electrons. The number of nitrogens with zero attached hydrogens (tertiary/aromatic N) is 5. The largest absolute Gasteiger partial charge is 0.298 e. The zero-order chi connectivity index (χ0) is 22.2. The van der Waals surface area contributed by atoms with Crippen LogP contribution < -0.4 is 5.56 Å². The predicted octanol–water partition coefficient (Wildman–Crippen LogP) is 1.87. The second-order valence-electron chi connectivity index (χ2n) is 7.58. The summed E-state index contributed by atoms with van der Waals surface area (Å²) in [5, 5.41) is 9.85. The minimum atomic E-state index is -3.75. The van der Waals surface area contributed by atoms with Gasteiger partial charge in [0, 0.05) is 33.2 Å². The van der Waals surface area contributed by atoms with Gasteiger partial charge in [-0.25, -0.2) is 13.4 Å². The van der Waals surface area contributed by atoms with Crippen molar-refractivity contribution in [2.24, 2.45) is 7.05 Å². The Balaban J connectivity index is 1.56. The summed E-state index contributed by atoms with van der Waals surface area (Å²) < 4.78 is 29.1. The number of hydrogen-bond acceptors (Lipinski definition) is 6. The SMILES string of the molecule is CC(c1nc2ccccc2c(=O)n1C)N1CCN(S(=O)(=O)c2ccccc2C#N)CC1. The Morgan fingerprint density at radius 1 is 1.03 bits per heavy atom. The lowest BCUT2D eigenvalue weighted by atomic mass is 10.2. The molecule has 1 fully saturated rings. The maximum atomic E-state index is 13.1. The molecule has 1 atom stereocenters. The van der Waals surface area contributed by atoms with Crippen LogP contribution in [0.1, 0.15) is 24.4 Å². The molecule has 8 nitrogen and oxygen atoms in total. The van der Waals surface area contributed by atoms with Crippen molar-refractivity contribution in [3.05, 3.63) is 70.3 Å². The van der Waals surface area contributed by atoms with Crippen molar-refractivity contribution in [3.8, 4) is 6.07 Å². The van der Waals surface area contributed by atoms with Crippen LogP contribution in [0.5, 0.6) is 0 Å². The first-order chi connectivity index (χ1) is 14.8. The summed E-state index contributed by atoms with van der Waals surface area (Å²) in [6.45, 7) is 3.57. The highest BCUT2D eigenvalue weighted by molar-refractivity contribution is 7.89. The summed E-state index contributed by atoms with van der Waals surface area (Å²) in [4.78, 5) is 19.6. The van der Waals surface area contributed by atoms with Gasteiger partial charge in [0.25, 0.3) is 5.56 Å². The van der Waals surface area contributed by atoms with Crippen molar-refractivity contribution in [2.75, 3.05) is 26.2 Å². The van der Waals surface area contributed by atoms with Crippen LogP contribution in [0, 0.1) is 11.3 Å². The van der Waals surface area contributed by atoms with Gasteiger partial charge in [0.15, 0.2) is 0 Å². The molecule has 1 aliphatic rings. The van der Waals surface area contributed by atoms with Gasteiger partial charge in [-0.2, -0.15) is 9.57 Å². The zero-order valence-electron chi connectivity index (χ0n) is 17.4. The molecule has 9 heteroatoms. The third-order valence-corrected chi connectivity index (χ3v) is 7.79. The number of aromatic nitrogens is 2. The van der Waals surface area contributed by atoms with E-state index in [-0.39, 0.29) is 22.1 Å². The molecule has 0 aliphatic carbocycles. The molecule has 1 unspecified atom stereocenters. The molecule has 31 heavy (non-hydrogen) atoms. The van der Waals surface area contributed by atoms with E-state index in [1.54, 1.807) is 29.8 Å². The Kier molecular flexibility index (Phi) is 5.62. The summed E-state index contributed by atoms with van der Waals surface area (Å²) in [7, 11) is -2.03. The monoisotopic (exact) mass is 437 g/mol. The molecule has 4 rings (SSSR count). The topological polar surface area (TPSA) is 99.3 Å². The highest BCUT2D eigenvalue weighted by Crippen LogP contribution is 2.25. The Bertz CT molecular complexity index is 1340. The van der Waals surface area contributed by atoms with Crippen LogP contribution in [-0.2, 0) is 17.1 Å². The number of hydrogen-bond donors (Lipinski definition) is 0. The van der Waals surface area contributed by atoms with Crippen molar-refractivity contribution in [3.63, 3.8) is 0 Å². The molecule has 2 aromatic carbocycles. The van der Waals surface area contributed by atoms with E-state index in [0.717, 1.165) is 0 Å². The molecule has 0 N–H and O–H groups in total. The van der Waals surface area contributed by atoms with Crippen molar-refractivity contribution < 1.29 is 8.42 Å². The second-order valence-corrected chi connectivity index (χ2v) is 9.48. The van der Waals surface area contributed by atoms with Crippen molar-refractivity contribution >= 4 is 20.9 Å². The molecule has 1 aliphatic heterocycles. The lowest BCUT2D eigenvalue weighted by Crippen LogP contribution is -2.49. The quantitative estimate of drug-likeness (QED) is 0.618. The average Bonchev–Trinajstić information content (AvgIpc) is 2.81. The van der Waals surface area contributed by atoms with Crippen molar-refractivity contribution in [1.29, 1.82) is 5.26 Å². The Labute approximate surface area is 181 Å². The first-order valence-electron chi connectivity index (χ1n) is 10.0. The van der Waals surface area contributed by atoms with E-state index in [0.29, 0.717) is 42.9 Å². The summed E-state index contributed by atoms with van der Waals surface area (Å²) in [6.07, 6.45) is 0. The molecule has 0 amide bonds. The van der Waals surface area contributed by atoms with Gasteiger partial charge in [0.05, 0.1) is 27.4 Å². The lowest BCUT2D eigenvalue weighted by molar-refractivity contribution is 0.139. The summed E-state index contributed by atoms with van der Waals surface area (Å²) >= 11 is 0. The van der Waals surface area contributed by atoms with E-state index in [2.05, 4.69) is 4.90 Å². The smallest absolute Gasteiger partial charge is 0.261 e. The van der Waals surface area contributed by atoms with Crippen LogP contribution in [-0.4, -0.2) is 53.4 Å². The number of benzene rings is 2. The van der Waals surface area contributed by atoms with Crippen LogP contribution in [0.4, 0.5) is 0 Å². The van der Waals surface area contributed by atoms with Crippen LogP contribution in [0.15, 0.2) is 58.2 Å². The third-order valence-electron chi connectivity index (χ3n) is 5.84. The number of nitriles is 1. The fraction of sp³-hybridized carbons (Fsp3) is 0.318. The first kappa shape index (κ1) is 21.2. The average molecular weight is 438 g/mol. The first-order valence-corrected chi connectivity index (χ1v) is 11.5. The Morgan fingerprint density at radius 3 is 2.39 bits per heavy atom. The number of rotatable bonds is 4. The van der Waals surface area contributed by atoms with E-state index in [9.17, 15) is 18.5 Å². The van der Waals surface area contributed by atoms with Gasteiger partial charge >= 0.3 is 0 Å². The minimum Gasteiger partial charge on any atom is -0.298 e. The van der Waals surface area contributed by atoms with E-state index in [1.807, 2.05) is 31.2 Å². The lowest BCUT2D eigenvalue weighted by Gasteiger charge is -2.37. The van der Waals surface area contributed by atoms with E-state index < -0.39 is 10.0 Å². The van der Waals surface area contributed by atoms with Gasteiger partial charge < -0.3 is 0 Å². The minimum absolute atomic E-state index is 0.0394. The predicted molar refractivity (Wildman–Crippen MR) is 117 cm³/mol. The third kappa shape index (κ3) is 3.74. The van der Waals surface area contributed by atoms with Gasteiger partial charge in [0.2, 0.25) is 10.0 Å². The molecule has 0 spiro atoms. The van der Waals surface area contributed by atoms with Gasteiger partial charge in [-0.1, -0.05) is 24.3 Å². The normalized spacial score (nSPS) is 16.8. The molecule has 0 saturated carbocycles. The molecule has 0 bridgehead atoms. The molecule has 2 heterocycles. The number of fused-ring (bicyclic) bond motifs is 1. The molecule has 160 valence electrons. The summed E-state index contributed by atoms with van der Waals surface area (Å²) in [6, 6.07) is 15.3. The van der Waals surface area contributed by atoms with Crippen LogP contribution in [0.3, 0.4) is 0 Å². The molecule has 1 aromatic heterocycles. The highest BCUT2D eigenvalue weighted by Gasteiger charge is 2.32. The van der Waals surface area contributed by atoms with Gasteiger partial charge in [-0.3, -0.25) is 14.3 Å². The van der Waals surface area contributed by atoms with Crippen LogP contribution in [0.2, 0.25) is 0 Å². The number of sulfonamides is 1. The fourth-order valence-corrected chi connectivity index (χ4v) is 5.59. The zero-order valence-corrected chi connectivity index (χ0v) is 18.2. The molecule has 1 saturated heterocycles. The van der Waals surface area contributed by atoms with Crippen molar-refractivity contribution in [2.45, 2.75) is 17.9 Å². The molecule has 3 aromatic rings. The Morgan fingerprint density at radius 2 is 1.68 bits per heavy atom. The van der Waals surface area contributed by atoms with E-state index in [4.69, 9.17) is 4.98 Å². The standard InChI is InChI=1S/C22H23N5O3S/c1-16(21-24-19-9-5-4-8-18(19)22(28)25(21)2)26-11-13-27(14-12-26)31(29,30)20-10-6-3-7-17(20)15-23/h3-10,16H,11-14H2,1-2H3. The van der Waals surface area contributed by atoms with Gasteiger partial charge in [0.1, 0.15) is 11.9 Å². The maximum absolute atomic E-state index is 13.1.